The second kappa shape index (κ2) is 7.40. The molecule has 160 valence electrons. The van der Waals surface area contributed by atoms with E-state index in [9.17, 15) is 20.4 Å². The molecule has 2 rings (SSSR count). The Balaban J connectivity index is 2.62. The smallest absolute Gasteiger partial charge is 0.133 e. The second-order valence-corrected chi connectivity index (χ2v) is 9.76. The van der Waals surface area contributed by atoms with Gasteiger partial charge >= 0.3 is 0 Å². The van der Waals surface area contributed by atoms with Crippen molar-refractivity contribution in [2.24, 2.45) is 0 Å². The van der Waals surface area contributed by atoms with E-state index in [1.165, 1.54) is 0 Å². The number of ether oxygens (including phenoxy) is 1. The topological polar surface area (TPSA) is 90.2 Å². The monoisotopic (exact) mass is 402 g/mol. The van der Waals surface area contributed by atoms with Gasteiger partial charge in [-0.1, -0.05) is 12.1 Å². The zero-order chi connectivity index (χ0) is 22.4. The summed E-state index contributed by atoms with van der Waals surface area (Å²) in [7, 11) is 0. The van der Waals surface area contributed by atoms with Crippen LogP contribution >= 0.6 is 0 Å². The van der Waals surface area contributed by atoms with Gasteiger partial charge in [-0.05, 0) is 90.8 Å². The number of rotatable bonds is 6. The Hall–Kier alpha value is -1.92. The molecule has 0 unspecified atom stereocenters. The Morgan fingerprint density at radius 1 is 0.517 bits per heavy atom. The molecule has 0 radical (unpaired) electrons. The first-order valence-corrected chi connectivity index (χ1v) is 9.78. The molecule has 0 heterocycles. The summed E-state index contributed by atoms with van der Waals surface area (Å²) in [5.41, 5.74) is -2.20. The normalized spacial score (nSPS) is 13.5. The minimum atomic E-state index is -1.21. The molecule has 0 spiro atoms. The average Bonchev–Trinajstić information content (AvgIpc) is 2.51. The first kappa shape index (κ1) is 23.4. The lowest BCUT2D eigenvalue weighted by atomic mass is 9.89. The van der Waals surface area contributed by atoms with Crippen LogP contribution in [0, 0.1) is 0 Å². The highest BCUT2D eigenvalue weighted by Gasteiger charge is 2.29. The minimum absolute atomic E-state index is 0.423. The van der Waals surface area contributed by atoms with E-state index in [2.05, 4.69) is 0 Å². The van der Waals surface area contributed by atoms with Crippen molar-refractivity contribution in [1.29, 1.82) is 0 Å². The molecule has 2 aromatic carbocycles. The zero-order valence-electron chi connectivity index (χ0n) is 18.7. The molecule has 0 aliphatic rings. The van der Waals surface area contributed by atoms with Gasteiger partial charge in [-0.3, -0.25) is 0 Å². The van der Waals surface area contributed by atoms with Crippen LogP contribution in [0.1, 0.15) is 77.6 Å². The highest BCUT2D eigenvalue weighted by Crippen LogP contribution is 2.40. The summed E-state index contributed by atoms with van der Waals surface area (Å²) in [6.45, 7) is 13.3. The minimum Gasteiger partial charge on any atom is -0.457 e. The number of hydrogen-bond donors (Lipinski definition) is 4. The van der Waals surface area contributed by atoms with Crippen LogP contribution in [0.2, 0.25) is 0 Å². The number of aliphatic hydroxyl groups is 4. The Morgan fingerprint density at radius 3 is 1.07 bits per heavy atom. The summed E-state index contributed by atoms with van der Waals surface area (Å²) < 4.78 is 6.15. The third kappa shape index (κ3) is 5.58. The van der Waals surface area contributed by atoms with E-state index in [1.54, 1.807) is 91.8 Å². The molecule has 0 aliphatic heterocycles. The molecule has 0 aliphatic carbocycles. The van der Waals surface area contributed by atoms with Crippen molar-refractivity contribution in [3.05, 3.63) is 58.7 Å². The molecule has 0 fully saturated rings. The molecule has 5 heteroatoms. The molecule has 0 bridgehead atoms. The van der Waals surface area contributed by atoms with E-state index in [4.69, 9.17) is 4.74 Å². The molecule has 4 N–H and O–H groups in total. The van der Waals surface area contributed by atoms with Gasteiger partial charge in [0, 0.05) is 11.1 Å². The molecular formula is C24H34O5. The molecule has 0 saturated carbocycles. The van der Waals surface area contributed by atoms with Gasteiger partial charge in [-0.2, -0.15) is 0 Å². The van der Waals surface area contributed by atoms with Crippen LogP contribution in [0.3, 0.4) is 0 Å². The highest BCUT2D eigenvalue weighted by atomic mass is 16.5. The molecule has 5 nitrogen and oxygen atoms in total. The van der Waals surface area contributed by atoms with Crippen molar-refractivity contribution < 1.29 is 25.2 Å². The standard InChI is InChI=1S/C24H34O5/c1-21(2,25)15-9-11-19(17(13-15)23(5,6)27)29-20-12-10-16(22(3,4)26)14-18(20)24(7,8)28/h9-14,25-28H,1-8H3. The lowest BCUT2D eigenvalue weighted by molar-refractivity contribution is 0.0688. The first-order chi connectivity index (χ1) is 12.9. The molecule has 0 atom stereocenters. The van der Waals surface area contributed by atoms with Gasteiger partial charge in [-0.15, -0.1) is 0 Å². The van der Waals surface area contributed by atoms with Crippen molar-refractivity contribution >= 4 is 0 Å². The van der Waals surface area contributed by atoms with E-state index in [-0.39, 0.29) is 0 Å². The van der Waals surface area contributed by atoms with Crippen LogP contribution in [0.15, 0.2) is 36.4 Å². The van der Waals surface area contributed by atoms with Crippen molar-refractivity contribution in [1.82, 2.24) is 0 Å². The largest absolute Gasteiger partial charge is 0.457 e. The van der Waals surface area contributed by atoms with Gasteiger partial charge in [0.1, 0.15) is 11.5 Å². The third-order valence-corrected chi connectivity index (χ3v) is 4.91. The molecular weight excluding hydrogens is 368 g/mol. The van der Waals surface area contributed by atoms with Gasteiger partial charge in [0.25, 0.3) is 0 Å². The number of hydrogen-bond acceptors (Lipinski definition) is 5. The lowest BCUT2D eigenvalue weighted by Crippen LogP contribution is -2.22. The van der Waals surface area contributed by atoms with Crippen molar-refractivity contribution in [3.8, 4) is 11.5 Å². The van der Waals surface area contributed by atoms with Gasteiger partial charge in [0.05, 0.1) is 22.4 Å². The van der Waals surface area contributed by atoms with E-state index in [1.807, 2.05) is 0 Å². The predicted molar refractivity (Wildman–Crippen MR) is 114 cm³/mol. The Kier molecular flexibility index (Phi) is 5.96. The molecule has 2 aromatic rings. The summed E-state index contributed by atoms with van der Waals surface area (Å²) >= 11 is 0. The molecule has 0 aromatic heterocycles. The summed E-state index contributed by atoms with van der Waals surface area (Å²) in [4.78, 5) is 0. The third-order valence-electron chi connectivity index (χ3n) is 4.91. The van der Waals surface area contributed by atoms with E-state index < -0.39 is 22.4 Å². The van der Waals surface area contributed by atoms with Gasteiger partial charge in [-0.25, -0.2) is 0 Å². The fourth-order valence-electron chi connectivity index (χ4n) is 3.07. The van der Waals surface area contributed by atoms with Gasteiger partial charge in [0.15, 0.2) is 0 Å². The maximum Gasteiger partial charge on any atom is 0.133 e. The zero-order valence-corrected chi connectivity index (χ0v) is 18.7. The SMILES string of the molecule is CC(C)(O)c1ccc(Oc2ccc(C(C)(C)O)cc2C(C)(C)O)c(C(C)(C)O)c1. The first-order valence-electron chi connectivity index (χ1n) is 9.78. The van der Waals surface area contributed by atoms with Crippen LogP contribution in [0.4, 0.5) is 0 Å². The van der Waals surface area contributed by atoms with Crippen molar-refractivity contribution in [2.75, 3.05) is 0 Å². The quantitative estimate of drug-likeness (QED) is 0.575. The van der Waals surface area contributed by atoms with Gasteiger partial charge < -0.3 is 25.2 Å². The molecule has 0 amide bonds. The van der Waals surface area contributed by atoms with Crippen LogP contribution in [0.25, 0.3) is 0 Å². The fraction of sp³-hybridized carbons (Fsp3) is 0.500. The molecule has 29 heavy (non-hydrogen) atoms. The Bertz CT molecular complexity index is 799. The highest BCUT2D eigenvalue weighted by molar-refractivity contribution is 5.48. The Labute approximate surface area is 173 Å². The maximum atomic E-state index is 10.7. The summed E-state index contributed by atoms with van der Waals surface area (Å²) in [5, 5.41) is 42.0. The lowest BCUT2D eigenvalue weighted by Gasteiger charge is -2.28. The van der Waals surface area contributed by atoms with Crippen LogP contribution in [-0.4, -0.2) is 20.4 Å². The summed E-state index contributed by atoms with van der Waals surface area (Å²) in [5.74, 6) is 0.846. The Morgan fingerprint density at radius 2 is 0.828 bits per heavy atom. The average molecular weight is 403 g/mol. The van der Waals surface area contributed by atoms with E-state index in [0.717, 1.165) is 0 Å². The van der Waals surface area contributed by atoms with Crippen LogP contribution in [-0.2, 0) is 22.4 Å². The fourth-order valence-corrected chi connectivity index (χ4v) is 3.07. The summed E-state index contributed by atoms with van der Waals surface area (Å²) in [6, 6.07) is 10.4. The van der Waals surface area contributed by atoms with Crippen LogP contribution in [0.5, 0.6) is 11.5 Å². The van der Waals surface area contributed by atoms with Gasteiger partial charge in [0.2, 0.25) is 0 Å². The van der Waals surface area contributed by atoms with Crippen molar-refractivity contribution in [3.63, 3.8) is 0 Å². The predicted octanol–water partition coefficient (Wildman–Crippen LogP) is 4.39. The maximum absolute atomic E-state index is 10.7. The van der Waals surface area contributed by atoms with E-state index in [0.29, 0.717) is 33.8 Å². The summed E-state index contributed by atoms with van der Waals surface area (Å²) in [6.07, 6.45) is 0. The van der Waals surface area contributed by atoms with Crippen LogP contribution < -0.4 is 4.74 Å². The molecule has 0 saturated heterocycles. The van der Waals surface area contributed by atoms with E-state index >= 15 is 0 Å². The second-order valence-electron chi connectivity index (χ2n) is 9.76. The van der Waals surface area contributed by atoms with Crippen molar-refractivity contribution in [2.45, 2.75) is 77.8 Å². The number of benzene rings is 2.